The van der Waals surface area contributed by atoms with Crippen LogP contribution in [0.3, 0.4) is 0 Å². The summed E-state index contributed by atoms with van der Waals surface area (Å²) in [6.07, 6.45) is 0. The summed E-state index contributed by atoms with van der Waals surface area (Å²) in [5.41, 5.74) is 0.817. The molecule has 1 aromatic heterocycles. The van der Waals surface area contributed by atoms with Gasteiger partial charge in [0, 0.05) is 12.7 Å². The third-order valence-corrected chi connectivity index (χ3v) is 3.11. The minimum absolute atomic E-state index is 0.319. The average Bonchev–Trinajstić information content (AvgIpc) is 2.44. The standard InChI is InChI=1S/C8H13N3O2S/c1-4-13-7(12)6-5(2)11(3)8(10-9)14-6/h4,9H2,1-3H3/b10-8-. The third kappa shape index (κ3) is 1.79. The zero-order valence-electron chi connectivity index (χ0n) is 8.40. The lowest BCUT2D eigenvalue weighted by molar-refractivity contribution is 0.0530. The van der Waals surface area contributed by atoms with Gasteiger partial charge in [0.1, 0.15) is 4.88 Å². The zero-order valence-corrected chi connectivity index (χ0v) is 9.22. The molecule has 0 amide bonds. The molecule has 5 nitrogen and oxygen atoms in total. The molecule has 1 aromatic rings. The molecular formula is C8H13N3O2S. The van der Waals surface area contributed by atoms with Gasteiger partial charge in [-0.1, -0.05) is 11.3 Å². The van der Waals surface area contributed by atoms with Gasteiger partial charge in [-0.05, 0) is 13.8 Å². The number of carbonyl (C=O) groups is 1. The van der Waals surface area contributed by atoms with Crippen LogP contribution in [-0.2, 0) is 11.8 Å². The van der Waals surface area contributed by atoms with Gasteiger partial charge in [0.15, 0.2) is 0 Å². The van der Waals surface area contributed by atoms with E-state index >= 15 is 0 Å². The van der Waals surface area contributed by atoms with Crippen molar-refractivity contribution < 1.29 is 9.53 Å². The van der Waals surface area contributed by atoms with Gasteiger partial charge in [-0.25, -0.2) is 4.79 Å². The quantitative estimate of drug-likeness (QED) is 0.439. The van der Waals surface area contributed by atoms with Crippen molar-refractivity contribution in [2.75, 3.05) is 6.61 Å². The smallest absolute Gasteiger partial charge is 0.350 e. The van der Waals surface area contributed by atoms with Crippen LogP contribution in [0.1, 0.15) is 22.3 Å². The molecule has 1 heterocycles. The normalized spacial score (nSPS) is 11.8. The summed E-state index contributed by atoms with van der Waals surface area (Å²) >= 11 is 1.23. The van der Waals surface area contributed by atoms with Crippen molar-refractivity contribution >= 4 is 17.3 Å². The topological polar surface area (TPSA) is 69.6 Å². The lowest BCUT2D eigenvalue weighted by atomic mass is 10.4. The summed E-state index contributed by atoms with van der Waals surface area (Å²) < 4.78 is 6.66. The van der Waals surface area contributed by atoms with Gasteiger partial charge in [-0.2, -0.15) is 5.10 Å². The molecule has 0 bridgehead atoms. The van der Waals surface area contributed by atoms with Crippen LogP contribution in [0.5, 0.6) is 0 Å². The summed E-state index contributed by atoms with van der Waals surface area (Å²) in [4.78, 5) is 12.6. The van der Waals surface area contributed by atoms with Gasteiger partial charge < -0.3 is 15.1 Å². The maximum Gasteiger partial charge on any atom is 0.350 e. The van der Waals surface area contributed by atoms with E-state index in [0.717, 1.165) is 5.69 Å². The Labute approximate surface area is 85.8 Å². The van der Waals surface area contributed by atoms with Gasteiger partial charge in [0.2, 0.25) is 4.80 Å². The van der Waals surface area contributed by atoms with Gasteiger partial charge in [0.05, 0.1) is 6.61 Å². The van der Waals surface area contributed by atoms with E-state index in [0.29, 0.717) is 16.3 Å². The molecular weight excluding hydrogens is 202 g/mol. The van der Waals surface area contributed by atoms with Gasteiger partial charge in [0.25, 0.3) is 0 Å². The number of carbonyl (C=O) groups excluding carboxylic acids is 1. The van der Waals surface area contributed by atoms with Crippen LogP contribution in [0.15, 0.2) is 5.10 Å². The number of hydrogen-bond acceptors (Lipinski definition) is 5. The lowest BCUT2D eigenvalue weighted by Crippen LogP contribution is -2.13. The molecule has 0 aliphatic heterocycles. The first-order valence-electron chi connectivity index (χ1n) is 4.19. The van der Waals surface area contributed by atoms with Crippen molar-refractivity contribution in [2.24, 2.45) is 18.0 Å². The van der Waals surface area contributed by atoms with Crippen LogP contribution >= 0.6 is 11.3 Å². The molecule has 6 heteroatoms. The number of esters is 1. The third-order valence-electron chi connectivity index (χ3n) is 1.88. The fraction of sp³-hybridized carbons (Fsp3) is 0.500. The largest absolute Gasteiger partial charge is 0.462 e. The molecule has 2 N–H and O–H groups in total. The van der Waals surface area contributed by atoms with E-state index < -0.39 is 0 Å². The Kier molecular flexibility index (Phi) is 3.29. The Bertz CT molecular complexity index is 405. The van der Waals surface area contributed by atoms with E-state index in [1.165, 1.54) is 11.3 Å². The predicted molar refractivity (Wildman–Crippen MR) is 53.7 cm³/mol. The highest BCUT2D eigenvalue weighted by atomic mass is 32.1. The first-order valence-corrected chi connectivity index (χ1v) is 5.01. The second-order valence-corrected chi connectivity index (χ2v) is 3.69. The van der Waals surface area contributed by atoms with Crippen molar-refractivity contribution in [1.82, 2.24) is 4.57 Å². The molecule has 0 fully saturated rings. The molecule has 0 atom stereocenters. The summed E-state index contributed by atoms with van der Waals surface area (Å²) in [7, 11) is 1.81. The minimum Gasteiger partial charge on any atom is -0.462 e. The number of ether oxygens (including phenoxy) is 1. The molecule has 0 radical (unpaired) electrons. The first kappa shape index (κ1) is 10.8. The van der Waals surface area contributed by atoms with E-state index in [9.17, 15) is 4.79 Å². The number of nitrogens with two attached hydrogens (primary N) is 1. The predicted octanol–water partition coefficient (Wildman–Crippen LogP) is 0.346. The second-order valence-electron chi connectivity index (χ2n) is 2.71. The van der Waals surface area contributed by atoms with Crippen molar-refractivity contribution in [1.29, 1.82) is 0 Å². The molecule has 1 rings (SSSR count). The molecule has 0 saturated heterocycles. The maximum absolute atomic E-state index is 11.4. The summed E-state index contributed by atoms with van der Waals surface area (Å²) in [5, 5.41) is 3.57. The Morgan fingerprint density at radius 3 is 2.79 bits per heavy atom. The van der Waals surface area contributed by atoms with Crippen LogP contribution in [-0.4, -0.2) is 17.1 Å². The molecule has 0 unspecified atom stereocenters. The van der Waals surface area contributed by atoms with Crippen molar-refractivity contribution in [2.45, 2.75) is 13.8 Å². The molecule has 78 valence electrons. The van der Waals surface area contributed by atoms with Crippen molar-refractivity contribution in [3.63, 3.8) is 0 Å². The lowest BCUT2D eigenvalue weighted by Gasteiger charge is -1.99. The van der Waals surface area contributed by atoms with E-state index in [-0.39, 0.29) is 5.97 Å². The molecule has 0 aliphatic carbocycles. The molecule has 14 heavy (non-hydrogen) atoms. The fourth-order valence-corrected chi connectivity index (χ4v) is 1.96. The molecule has 0 aromatic carbocycles. The van der Waals surface area contributed by atoms with Crippen LogP contribution in [0.25, 0.3) is 0 Å². The van der Waals surface area contributed by atoms with Crippen molar-refractivity contribution in [3.05, 3.63) is 15.4 Å². The van der Waals surface area contributed by atoms with Crippen LogP contribution in [0, 0.1) is 6.92 Å². The van der Waals surface area contributed by atoms with E-state index in [1.807, 2.05) is 6.92 Å². The van der Waals surface area contributed by atoms with E-state index in [4.69, 9.17) is 10.6 Å². The molecule has 0 spiro atoms. The molecule has 0 saturated carbocycles. The fourth-order valence-electron chi connectivity index (χ4n) is 1.03. The zero-order chi connectivity index (χ0) is 10.7. The highest BCUT2D eigenvalue weighted by Gasteiger charge is 2.15. The Balaban J connectivity index is 3.17. The van der Waals surface area contributed by atoms with Gasteiger partial charge in [-0.3, -0.25) is 0 Å². The Hall–Kier alpha value is -1.30. The molecule has 0 aliphatic rings. The Morgan fingerprint density at radius 1 is 1.71 bits per heavy atom. The van der Waals surface area contributed by atoms with Crippen LogP contribution in [0.2, 0.25) is 0 Å². The first-order chi connectivity index (χ1) is 6.61. The van der Waals surface area contributed by atoms with E-state index in [2.05, 4.69) is 5.10 Å². The number of rotatable bonds is 2. The minimum atomic E-state index is -0.319. The van der Waals surface area contributed by atoms with Gasteiger partial charge >= 0.3 is 5.97 Å². The summed E-state index contributed by atoms with van der Waals surface area (Å²) in [5.74, 6) is 4.85. The van der Waals surface area contributed by atoms with Gasteiger partial charge in [-0.15, -0.1) is 0 Å². The number of thiazole rings is 1. The number of hydrogen-bond donors (Lipinski definition) is 1. The average molecular weight is 215 g/mol. The number of nitrogens with zero attached hydrogens (tertiary/aromatic N) is 2. The summed E-state index contributed by atoms with van der Waals surface area (Å²) in [6.45, 7) is 3.97. The van der Waals surface area contributed by atoms with Crippen molar-refractivity contribution in [3.8, 4) is 0 Å². The SMILES string of the molecule is CCOC(=O)c1s/c(=N\N)n(C)c1C. The monoisotopic (exact) mass is 215 g/mol. The van der Waals surface area contributed by atoms with Crippen LogP contribution in [0.4, 0.5) is 0 Å². The highest BCUT2D eigenvalue weighted by Crippen LogP contribution is 2.11. The second kappa shape index (κ2) is 4.28. The van der Waals surface area contributed by atoms with E-state index in [1.54, 1.807) is 18.5 Å². The number of aromatic nitrogens is 1. The summed E-state index contributed by atoms with van der Waals surface area (Å²) in [6, 6.07) is 0. The van der Waals surface area contributed by atoms with Crippen LogP contribution < -0.4 is 10.6 Å². The highest BCUT2D eigenvalue weighted by molar-refractivity contribution is 7.11. The maximum atomic E-state index is 11.4. The Morgan fingerprint density at radius 2 is 2.36 bits per heavy atom.